The van der Waals surface area contributed by atoms with Gasteiger partial charge >= 0.3 is 0 Å². The molecular weight excluding hydrogens is 366 g/mol. The quantitative estimate of drug-likeness (QED) is 0.836. The lowest BCUT2D eigenvalue weighted by Crippen LogP contribution is -2.38. The molecule has 8 nitrogen and oxygen atoms in total. The minimum atomic E-state index is -0.355. The van der Waals surface area contributed by atoms with E-state index in [0.29, 0.717) is 18.3 Å². The molecule has 1 fully saturated rings. The van der Waals surface area contributed by atoms with Gasteiger partial charge in [-0.15, -0.1) is 11.3 Å². The molecule has 2 aliphatic rings. The summed E-state index contributed by atoms with van der Waals surface area (Å²) >= 11 is 1.51. The van der Waals surface area contributed by atoms with Crippen molar-refractivity contribution in [2.45, 2.75) is 32.2 Å². The fraction of sp³-hybridized carbons (Fsp3) is 0.556. The highest BCUT2D eigenvalue weighted by atomic mass is 32.1. The first kappa shape index (κ1) is 18.1. The van der Waals surface area contributed by atoms with Crippen LogP contribution in [0.4, 0.5) is 5.13 Å². The minimum absolute atomic E-state index is 0.00173. The molecule has 1 N–H and O–H groups in total. The fourth-order valence-corrected chi connectivity index (χ4v) is 4.82. The number of methoxy groups -OCH3 is 1. The second-order valence-corrected chi connectivity index (χ2v) is 8.24. The van der Waals surface area contributed by atoms with Crippen molar-refractivity contribution in [2.75, 3.05) is 25.6 Å². The van der Waals surface area contributed by atoms with Crippen molar-refractivity contribution in [3.05, 3.63) is 16.8 Å². The summed E-state index contributed by atoms with van der Waals surface area (Å²) < 4.78 is 7.01. The number of rotatable bonds is 5. The molecule has 27 heavy (non-hydrogen) atoms. The van der Waals surface area contributed by atoms with E-state index in [1.165, 1.54) is 21.9 Å². The number of hydrogen-bond acceptors (Lipinski definition) is 6. The van der Waals surface area contributed by atoms with E-state index in [-0.39, 0.29) is 30.2 Å². The van der Waals surface area contributed by atoms with Gasteiger partial charge in [0.1, 0.15) is 0 Å². The molecule has 3 heterocycles. The molecule has 0 unspecified atom stereocenters. The summed E-state index contributed by atoms with van der Waals surface area (Å²) in [6, 6.07) is -0.0310. The van der Waals surface area contributed by atoms with Crippen LogP contribution in [0.5, 0.6) is 0 Å². The highest BCUT2D eigenvalue weighted by Crippen LogP contribution is 2.38. The molecule has 1 saturated heterocycles. The summed E-state index contributed by atoms with van der Waals surface area (Å²) in [7, 11) is 3.55. The van der Waals surface area contributed by atoms with Crippen LogP contribution in [-0.2, 0) is 34.2 Å². The van der Waals surface area contributed by atoms with Crippen molar-refractivity contribution in [1.82, 2.24) is 19.7 Å². The van der Waals surface area contributed by atoms with Crippen LogP contribution in [0.2, 0.25) is 0 Å². The highest BCUT2D eigenvalue weighted by Gasteiger charge is 2.37. The third kappa shape index (κ3) is 3.25. The zero-order valence-corrected chi connectivity index (χ0v) is 16.5. The van der Waals surface area contributed by atoms with Crippen molar-refractivity contribution >= 4 is 28.3 Å². The molecule has 1 aliphatic heterocycles. The topological polar surface area (TPSA) is 89.3 Å². The van der Waals surface area contributed by atoms with E-state index in [4.69, 9.17) is 4.74 Å². The maximum absolute atomic E-state index is 12.7. The van der Waals surface area contributed by atoms with Crippen LogP contribution in [-0.4, -0.2) is 57.8 Å². The molecule has 144 valence electrons. The monoisotopic (exact) mass is 389 g/mol. The largest absolute Gasteiger partial charge is 0.383 e. The zero-order valence-electron chi connectivity index (χ0n) is 15.7. The molecule has 0 bridgehead atoms. The number of likely N-dealkylation sites (tertiary alicyclic amines) is 1. The molecule has 2 atom stereocenters. The van der Waals surface area contributed by atoms with E-state index in [1.807, 2.05) is 24.9 Å². The summed E-state index contributed by atoms with van der Waals surface area (Å²) in [5, 5.41) is 7.84. The second kappa shape index (κ2) is 7.05. The molecule has 0 aromatic carbocycles. The Balaban J connectivity index is 1.46. The van der Waals surface area contributed by atoms with Gasteiger partial charge in [0, 0.05) is 43.3 Å². The molecule has 2 aromatic heterocycles. The molecule has 0 saturated carbocycles. The molecular formula is C18H23N5O3S. The smallest absolute Gasteiger partial charge is 0.231 e. The van der Waals surface area contributed by atoms with Gasteiger partial charge in [0.05, 0.1) is 30.5 Å². The second-order valence-electron chi connectivity index (χ2n) is 7.16. The Morgan fingerprint density at radius 1 is 1.48 bits per heavy atom. The summed E-state index contributed by atoms with van der Waals surface area (Å²) in [4.78, 5) is 32.4. The normalized spacial score (nSPS) is 19.7. The van der Waals surface area contributed by atoms with Crippen LogP contribution in [0.1, 0.15) is 23.9 Å². The zero-order chi connectivity index (χ0) is 19.1. The number of nitrogens with zero attached hydrogens (tertiary/aromatic N) is 4. The first-order chi connectivity index (χ1) is 13.0. The molecule has 0 radical (unpaired) electrons. The number of ether oxygens (including phenoxy) is 1. The molecule has 1 aliphatic carbocycles. The van der Waals surface area contributed by atoms with Crippen LogP contribution in [0, 0.1) is 5.92 Å². The minimum Gasteiger partial charge on any atom is -0.383 e. The van der Waals surface area contributed by atoms with E-state index in [1.54, 1.807) is 12.0 Å². The van der Waals surface area contributed by atoms with Crippen LogP contribution >= 0.6 is 11.3 Å². The molecule has 2 aromatic rings. The van der Waals surface area contributed by atoms with E-state index in [9.17, 15) is 9.59 Å². The molecule has 4 rings (SSSR count). The lowest BCUT2D eigenvalue weighted by Gasteiger charge is -2.23. The lowest BCUT2D eigenvalue weighted by atomic mass is 10.0. The summed E-state index contributed by atoms with van der Waals surface area (Å²) in [5.74, 6) is -0.502. The Morgan fingerprint density at radius 3 is 3.07 bits per heavy atom. The fourth-order valence-electron chi connectivity index (χ4n) is 3.85. The van der Waals surface area contributed by atoms with Gasteiger partial charge < -0.3 is 15.0 Å². The van der Waals surface area contributed by atoms with Gasteiger partial charge in [-0.2, -0.15) is 5.10 Å². The predicted octanol–water partition coefficient (Wildman–Crippen LogP) is 1.46. The molecule has 0 spiro atoms. The van der Waals surface area contributed by atoms with Crippen molar-refractivity contribution < 1.29 is 14.3 Å². The predicted molar refractivity (Wildman–Crippen MR) is 102 cm³/mol. The van der Waals surface area contributed by atoms with Crippen LogP contribution in [0.15, 0.2) is 6.20 Å². The first-order valence-corrected chi connectivity index (χ1v) is 9.89. The van der Waals surface area contributed by atoms with Crippen molar-refractivity contribution in [1.29, 1.82) is 0 Å². The van der Waals surface area contributed by atoms with Gasteiger partial charge in [0.25, 0.3) is 0 Å². The highest BCUT2D eigenvalue weighted by molar-refractivity contribution is 7.16. The van der Waals surface area contributed by atoms with Gasteiger partial charge in [0.15, 0.2) is 5.13 Å². The number of amides is 2. The van der Waals surface area contributed by atoms with Crippen molar-refractivity contribution in [2.24, 2.45) is 13.0 Å². The van der Waals surface area contributed by atoms with E-state index in [2.05, 4.69) is 15.4 Å². The number of carbonyl (C=O) groups is 2. The number of fused-ring (bicyclic) bond motifs is 3. The van der Waals surface area contributed by atoms with Gasteiger partial charge in [-0.3, -0.25) is 14.3 Å². The number of hydrogen-bond donors (Lipinski definition) is 1. The number of aromatic nitrogens is 3. The summed E-state index contributed by atoms with van der Waals surface area (Å²) in [5.41, 5.74) is 3.14. The molecule has 9 heteroatoms. The number of aryl methyl sites for hydroxylation is 2. The van der Waals surface area contributed by atoms with Crippen LogP contribution in [0.25, 0.3) is 11.3 Å². The number of nitrogens with one attached hydrogen (secondary N) is 1. The number of anilines is 1. The van der Waals surface area contributed by atoms with Crippen molar-refractivity contribution in [3.63, 3.8) is 0 Å². The average molecular weight is 389 g/mol. The van der Waals surface area contributed by atoms with E-state index in [0.717, 1.165) is 24.1 Å². The van der Waals surface area contributed by atoms with Gasteiger partial charge in [-0.05, 0) is 19.8 Å². The van der Waals surface area contributed by atoms with Crippen molar-refractivity contribution in [3.8, 4) is 11.3 Å². The Kier molecular flexibility index (Phi) is 4.73. The summed E-state index contributed by atoms with van der Waals surface area (Å²) in [6.07, 6.45) is 3.90. The third-order valence-electron chi connectivity index (χ3n) is 5.30. The molecule has 2 amide bonds. The Bertz CT molecular complexity index is 890. The van der Waals surface area contributed by atoms with E-state index < -0.39 is 0 Å². The van der Waals surface area contributed by atoms with Gasteiger partial charge in [-0.1, -0.05) is 0 Å². The van der Waals surface area contributed by atoms with E-state index >= 15 is 0 Å². The average Bonchev–Trinajstić information content (AvgIpc) is 3.31. The maximum Gasteiger partial charge on any atom is 0.231 e. The SMILES string of the molecule is COC[C@H](C)N1C[C@H](C(=O)Nc2nc3c(s2)CCc2c-3cnn2C)CC1=O. The van der Waals surface area contributed by atoms with Crippen LogP contribution < -0.4 is 5.32 Å². The Labute approximate surface area is 161 Å². The van der Waals surface area contributed by atoms with Gasteiger partial charge in [0.2, 0.25) is 11.8 Å². The number of thiazole rings is 1. The Hall–Kier alpha value is -2.26. The third-order valence-corrected chi connectivity index (χ3v) is 6.33. The van der Waals surface area contributed by atoms with Gasteiger partial charge in [-0.25, -0.2) is 4.98 Å². The van der Waals surface area contributed by atoms with Crippen LogP contribution in [0.3, 0.4) is 0 Å². The maximum atomic E-state index is 12.7. The Morgan fingerprint density at radius 2 is 2.30 bits per heavy atom. The number of carbonyl (C=O) groups excluding carboxylic acids is 2. The standard InChI is InChI=1S/C18H23N5O3S/c1-10(9-26-3)23-8-11(6-15(23)24)17(25)21-18-20-16-12-7-19-22(2)13(12)4-5-14(16)27-18/h7,10-11H,4-6,8-9H2,1-3H3,(H,20,21,25)/t10-,11+/m0/s1. The lowest BCUT2D eigenvalue weighted by molar-refractivity contribution is -0.130. The first-order valence-electron chi connectivity index (χ1n) is 9.08. The summed E-state index contributed by atoms with van der Waals surface area (Å²) in [6.45, 7) is 2.82.